The molecule has 0 spiro atoms. The van der Waals surface area contributed by atoms with Gasteiger partial charge in [-0.3, -0.25) is 29.0 Å². The first-order valence-electron chi connectivity index (χ1n) is 10.8. The van der Waals surface area contributed by atoms with Crippen LogP contribution in [0.15, 0.2) is 54.6 Å². The number of carbonyl (C=O) groups is 4. The molecule has 0 fully saturated rings. The van der Waals surface area contributed by atoms with Crippen molar-refractivity contribution in [2.75, 3.05) is 0 Å². The standard InChI is InChI=1S/C26H22N2O4/c1-4-20(15-8-6-5-7-9-15)28-25(31)18-12-10-16-21-17(11-13-19(22(18)21)26(28)32)24(30)27(14(2)3)23(16)29/h5-14,20H,4H2,1-3H3. The van der Waals surface area contributed by atoms with Gasteiger partial charge in [-0.25, -0.2) is 0 Å². The third-order valence-electron chi connectivity index (χ3n) is 6.36. The molecule has 0 radical (unpaired) electrons. The second-order valence-corrected chi connectivity index (χ2v) is 8.46. The number of nitrogens with zero attached hydrogens (tertiary/aromatic N) is 2. The van der Waals surface area contributed by atoms with Crippen LogP contribution in [0.5, 0.6) is 0 Å². The van der Waals surface area contributed by atoms with Gasteiger partial charge in [-0.2, -0.15) is 0 Å². The third-order valence-corrected chi connectivity index (χ3v) is 6.36. The maximum absolute atomic E-state index is 13.6. The molecular formula is C26H22N2O4. The van der Waals surface area contributed by atoms with Crippen molar-refractivity contribution in [2.45, 2.75) is 39.3 Å². The Hall–Kier alpha value is -3.80. The lowest BCUT2D eigenvalue weighted by Gasteiger charge is -2.36. The van der Waals surface area contributed by atoms with Gasteiger partial charge in [0.1, 0.15) is 0 Å². The van der Waals surface area contributed by atoms with Crippen LogP contribution in [0.2, 0.25) is 0 Å². The van der Waals surface area contributed by atoms with Gasteiger partial charge in [0.25, 0.3) is 23.6 Å². The van der Waals surface area contributed by atoms with Gasteiger partial charge in [-0.1, -0.05) is 37.3 Å². The van der Waals surface area contributed by atoms with Crippen molar-refractivity contribution in [3.8, 4) is 0 Å². The van der Waals surface area contributed by atoms with Crippen LogP contribution in [-0.4, -0.2) is 39.5 Å². The van der Waals surface area contributed by atoms with Crippen LogP contribution in [0.1, 0.15) is 80.2 Å². The number of carbonyl (C=O) groups excluding carboxylic acids is 4. The zero-order chi connectivity index (χ0) is 22.7. The molecule has 3 aromatic rings. The summed E-state index contributed by atoms with van der Waals surface area (Å²) < 4.78 is 0. The van der Waals surface area contributed by atoms with Crippen LogP contribution in [0.25, 0.3) is 10.8 Å². The fourth-order valence-electron chi connectivity index (χ4n) is 4.91. The van der Waals surface area contributed by atoms with E-state index in [0.29, 0.717) is 39.4 Å². The van der Waals surface area contributed by atoms with Crippen molar-refractivity contribution in [3.05, 3.63) is 82.4 Å². The molecule has 0 bridgehead atoms. The minimum Gasteiger partial charge on any atom is -0.272 e. The summed E-state index contributed by atoms with van der Waals surface area (Å²) in [7, 11) is 0. The van der Waals surface area contributed by atoms with Crippen molar-refractivity contribution < 1.29 is 19.2 Å². The van der Waals surface area contributed by atoms with Crippen LogP contribution < -0.4 is 0 Å². The molecule has 0 saturated heterocycles. The second kappa shape index (κ2) is 7.12. The van der Waals surface area contributed by atoms with Crippen molar-refractivity contribution in [3.63, 3.8) is 0 Å². The van der Waals surface area contributed by atoms with E-state index in [0.717, 1.165) is 5.56 Å². The highest BCUT2D eigenvalue weighted by molar-refractivity contribution is 6.33. The van der Waals surface area contributed by atoms with Crippen molar-refractivity contribution >= 4 is 34.4 Å². The Morgan fingerprint density at radius 1 is 0.625 bits per heavy atom. The molecule has 1 atom stereocenters. The highest BCUT2D eigenvalue weighted by Gasteiger charge is 2.42. The summed E-state index contributed by atoms with van der Waals surface area (Å²) >= 11 is 0. The molecular weight excluding hydrogens is 404 g/mol. The normalized spacial score (nSPS) is 16.4. The quantitative estimate of drug-likeness (QED) is 0.572. The van der Waals surface area contributed by atoms with Crippen LogP contribution in [-0.2, 0) is 0 Å². The van der Waals surface area contributed by atoms with Crippen LogP contribution in [0.3, 0.4) is 0 Å². The van der Waals surface area contributed by atoms with Gasteiger partial charge in [0, 0.05) is 39.1 Å². The summed E-state index contributed by atoms with van der Waals surface area (Å²) in [5, 5.41) is 0.806. The van der Waals surface area contributed by atoms with Gasteiger partial charge in [0.05, 0.1) is 6.04 Å². The molecule has 6 heteroatoms. The fraction of sp³-hybridized carbons (Fsp3) is 0.231. The maximum Gasteiger partial charge on any atom is 0.261 e. The van der Waals surface area contributed by atoms with Gasteiger partial charge < -0.3 is 0 Å². The van der Waals surface area contributed by atoms with E-state index in [2.05, 4.69) is 0 Å². The van der Waals surface area contributed by atoms with E-state index < -0.39 is 29.7 Å². The molecule has 2 heterocycles. The average Bonchev–Trinajstić information content (AvgIpc) is 2.79. The first-order chi connectivity index (χ1) is 15.4. The number of hydrogen-bond acceptors (Lipinski definition) is 4. The minimum absolute atomic E-state index is 0.305. The highest BCUT2D eigenvalue weighted by Crippen LogP contribution is 2.40. The molecule has 4 amide bonds. The summed E-state index contributed by atoms with van der Waals surface area (Å²) in [5.41, 5.74) is 2.25. The predicted molar refractivity (Wildman–Crippen MR) is 120 cm³/mol. The van der Waals surface area contributed by atoms with Crippen LogP contribution >= 0.6 is 0 Å². The summed E-state index contributed by atoms with van der Waals surface area (Å²) in [6, 6.07) is 15.2. The second-order valence-electron chi connectivity index (χ2n) is 8.46. The van der Waals surface area contributed by atoms with Gasteiger partial charge in [0.15, 0.2) is 0 Å². The Morgan fingerprint density at radius 3 is 1.41 bits per heavy atom. The predicted octanol–water partition coefficient (Wildman–Crippen LogP) is 4.59. The molecule has 2 aliphatic rings. The SMILES string of the molecule is CCC(c1ccccc1)N1C(=O)c2ccc3c4c(ccc(c24)C1=O)C(=O)N(C(C)C)C3=O. The molecule has 5 rings (SSSR count). The lowest BCUT2D eigenvalue weighted by molar-refractivity contribution is 0.0520. The minimum atomic E-state index is -0.411. The van der Waals surface area contributed by atoms with Crippen molar-refractivity contribution in [1.29, 1.82) is 0 Å². The van der Waals surface area contributed by atoms with Gasteiger partial charge in [0.2, 0.25) is 0 Å². The number of imide groups is 2. The van der Waals surface area contributed by atoms with E-state index in [-0.39, 0.29) is 6.04 Å². The maximum atomic E-state index is 13.6. The average molecular weight is 426 g/mol. The fourth-order valence-corrected chi connectivity index (χ4v) is 4.91. The van der Waals surface area contributed by atoms with Gasteiger partial charge in [-0.15, -0.1) is 0 Å². The first-order valence-corrected chi connectivity index (χ1v) is 10.8. The topological polar surface area (TPSA) is 74.8 Å². The zero-order valence-electron chi connectivity index (χ0n) is 18.1. The smallest absolute Gasteiger partial charge is 0.261 e. The molecule has 1 unspecified atom stereocenters. The Labute approximate surface area is 185 Å². The molecule has 0 aromatic heterocycles. The van der Waals surface area contributed by atoms with E-state index in [1.54, 1.807) is 38.1 Å². The number of benzene rings is 3. The largest absolute Gasteiger partial charge is 0.272 e. The highest BCUT2D eigenvalue weighted by atomic mass is 16.2. The molecule has 0 saturated carbocycles. The van der Waals surface area contributed by atoms with Crippen molar-refractivity contribution in [1.82, 2.24) is 9.80 Å². The van der Waals surface area contributed by atoms with Gasteiger partial charge >= 0.3 is 0 Å². The number of rotatable bonds is 4. The molecule has 6 nitrogen and oxygen atoms in total. The monoisotopic (exact) mass is 426 g/mol. The summed E-state index contributed by atoms with van der Waals surface area (Å²) in [6.07, 6.45) is 0.566. The Morgan fingerprint density at radius 2 is 1.03 bits per heavy atom. The summed E-state index contributed by atoms with van der Waals surface area (Å²) in [5.74, 6) is -1.63. The van der Waals surface area contributed by atoms with E-state index in [9.17, 15) is 19.2 Å². The third kappa shape index (κ3) is 2.59. The number of hydrogen-bond donors (Lipinski definition) is 0. The molecule has 32 heavy (non-hydrogen) atoms. The Bertz CT molecular complexity index is 1260. The zero-order valence-corrected chi connectivity index (χ0v) is 18.1. The van der Waals surface area contributed by atoms with E-state index in [1.807, 2.05) is 37.3 Å². The van der Waals surface area contributed by atoms with E-state index in [4.69, 9.17) is 0 Å². The van der Waals surface area contributed by atoms with Gasteiger partial charge in [-0.05, 0) is 50.1 Å². The Kier molecular flexibility index (Phi) is 4.48. The molecule has 0 aliphatic carbocycles. The summed E-state index contributed by atoms with van der Waals surface area (Å²) in [6.45, 7) is 5.50. The summed E-state index contributed by atoms with van der Waals surface area (Å²) in [4.78, 5) is 55.8. The lowest BCUT2D eigenvalue weighted by Crippen LogP contribution is -2.46. The molecule has 160 valence electrons. The van der Waals surface area contributed by atoms with E-state index in [1.165, 1.54) is 9.80 Å². The molecule has 2 aliphatic heterocycles. The lowest BCUT2D eigenvalue weighted by atomic mass is 9.85. The van der Waals surface area contributed by atoms with Crippen LogP contribution in [0, 0.1) is 0 Å². The first kappa shape index (κ1) is 20.1. The number of amides is 4. The Balaban J connectivity index is 1.73. The van der Waals surface area contributed by atoms with E-state index >= 15 is 0 Å². The molecule has 3 aromatic carbocycles. The molecule has 0 N–H and O–H groups in total. The van der Waals surface area contributed by atoms with Crippen LogP contribution in [0.4, 0.5) is 0 Å². The van der Waals surface area contributed by atoms with Crippen molar-refractivity contribution in [2.24, 2.45) is 0 Å².